The minimum Gasteiger partial charge on any atom is -0.392 e. The van der Waals surface area contributed by atoms with Crippen LogP contribution in [0.4, 0.5) is 0 Å². The van der Waals surface area contributed by atoms with E-state index >= 15 is 0 Å². The first kappa shape index (κ1) is 9.09. The van der Waals surface area contributed by atoms with Crippen LogP contribution in [0.25, 0.3) is 0 Å². The van der Waals surface area contributed by atoms with E-state index in [0.717, 1.165) is 12.1 Å². The Kier molecular flexibility index (Phi) is 2.12. The van der Waals surface area contributed by atoms with Gasteiger partial charge in [0.25, 0.3) is 0 Å². The molecule has 1 aromatic rings. The highest BCUT2D eigenvalue weighted by atomic mass is 32.1. The zero-order chi connectivity index (χ0) is 9.47. The molecule has 0 amide bonds. The number of rotatable bonds is 3. The quantitative estimate of drug-likeness (QED) is 0.800. The molecule has 0 aromatic carbocycles. The minimum absolute atomic E-state index is 0.237. The van der Waals surface area contributed by atoms with E-state index in [9.17, 15) is 5.11 Å². The van der Waals surface area contributed by atoms with E-state index in [4.69, 9.17) is 0 Å². The van der Waals surface area contributed by atoms with Gasteiger partial charge >= 0.3 is 0 Å². The summed E-state index contributed by atoms with van der Waals surface area (Å²) in [5.41, 5.74) is 1.25. The van der Waals surface area contributed by atoms with Crippen LogP contribution in [-0.2, 0) is 6.42 Å². The molecule has 72 valence electrons. The molecule has 0 saturated heterocycles. The lowest BCUT2D eigenvalue weighted by Crippen LogP contribution is -2.16. The first-order valence-corrected chi connectivity index (χ1v) is 5.37. The molecule has 1 aliphatic rings. The van der Waals surface area contributed by atoms with Crippen molar-refractivity contribution in [3.63, 3.8) is 0 Å². The molecule has 2 unspecified atom stereocenters. The highest BCUT2D eigenvalue weighted by Gasteiger charge is 2.49. The smallest absolute Gasteiger partial charge is 0.0781 e. The summed E-state index contributed by atoms with van der Waals surface area (Å²) in [6, 6.07) is 0. The Morgan fingerprint density at radius 2 is 2.46 bits per heavy atom. The van der Waals surface area contributed by atoms with Crippen molar-refractivity contribution >= 4 is 11.5 Å². The van der Waals surface area contributed by atoms with Crippen molar-refractivity contribution in [1.82, 2.24) is 9.59 Å². The Morgan fingerprint density at radius 1 is 1.77 bits per heavy atom. The largest absolute Gasteiger partial charge is 0.392 e. The minimum atomic E-state index is -0.237. The third-order valence-electron chi connectivity index (χ3n) is 2.88. The van der Waals surface area contributed by atoms with Crippen molar-refractivity contribution in [2.75, 3.05) is 0 Å². The summed E-state index contributed by atoms with van der Waals surface area (Å²) in [4.78, 5) is 0. The van der Waals surface area contributed by atoms with Crippen molar-refractivity contribution in [3.8, 4) is 0 Å². The summed E-state index contributed by atoms with van der Waals surface area (Å²) in [5, 5.41) is 15.7. The van der Waals surface area contributed by atoms with E-state index in [2.05, 4.69) is 23.4 Å². The zero-order valence-electron chi connectivity index (χ0n) is 7.90. The van der Waals surface area contributed by atoms with Gasteiger partial charge < -0.3 is 5.11 Å². The number of hydrogen-bond donors (Lipinski definition) is 1. The van der Waals surface area contributed by atoms with Gasteiger partial charge in [-0.3, -0.25) is 0 Å². The number of nitrogens with zero attached hydrogens (tertiary/aromatic N) is 2. The average molecular weight is 198 g/mol. The Hall–Kier alpha value is -0.480. The van der Waals surface area contributed by atoms with Crippen LogP contribution in [0.3, 0.4) is 0 Å². The molecule has 1 N–H and O–H groups in total. The molecular formula is C9H14N2OS. The third kappa shape index (κ3) is 1.89. The van der Waals surface area contributed by atoms with Gasteiger partial charge in [0, 0.05) is 11.8 Å². The first-order chi connectivity index (χ1) is 6.09. The summed E-state index contributed by atoms with van der Waals surface area (Å²) in [7, 11) is 0. The molecular weight excluding hydrogens is 184 g/mol. The fourth-order valence-electron chi connectivity index (χ4n) is 1.79. The maximum Gasteiger partial charge on any atom is 0.0781 e. The van der Waals surface area contributed by atoms with Gasteiger partial charge in [-0.1, -0.05) is 18.3 Å². The van der Waals surface area contributed by atoms with Crippen molar-refractivity contribution < 1.29 is 5.11 Å². The Morgan fingerprint density at radius 3 is 2.92 bits per heavy atom. The first-order valence-electron chi connectivity index (χ1n) is 4.53. The maximum absolute atomic E-state index is 9.83. The van der Waals surface area contributed by atoms with Crippen LogP contribution in [0.1, 0.15) is 26.0 Å². The van der Waals surface area contributed by atoms with E-state index < -0.39 is 0 Å². The van der Waals surface area contributed by atoms with Crippen LogP contribution in [-0.4, -0.2) is 20.8 Å². The second-order valence-corrected chi connectivity index (χ2v) is 5.08. The van der Waals surface area contributed by atoms with E-state index in [1.165, 1.54) is 11.5 Å². The average Bonchev–Trinajstić information content (AvgIpc) is 2.49. The summed E-state index contributed by atoms with van der Waals surface area (Å²) >= 11 is 1.34. The molecule has 2 rings (SSSR count). The van der Waals surface area contributed by atoms with Crippen molar-refractivity contribution in [2.45, 2.75) is 32.8 Å². The normalized spacial score (nSPS) is 27.2. The fraction of sp³-hybridized carbons (Fsp3) is 0.778. The number of aliphatic hydroxyl groups excluding tert-OH is 1. The second-order valence-electron chi connectivity index (χ2n) is 4.47. The molecule has 1 heterocycles. The molecule has 1 fully saturated rings. The van der Waals surface area contributed by atoms with Crippen LogP contribution in [0.15, 0.2) is 5.38 Å². The Labute approximate surface area is 82.0 Å². The highest BCUT2D eigenvalue weighted by molar-refractivity contribution is 7.03. The molecule has 1 aliphatic carbocycles. The third-order valence-corrected chi connectivity index (χ3v) is 3.43. The van der Waals surface area contributed by atoms with Crippen molar-refractivity contribution in [3.05, 3.63) is 11.1 Å². The van der Waals surface area contributed by atoms with E-state index in [1.807, 2.05) is 5.38 Å². The number of aliphatic hydroxyl groups is 1. The summed E-state index contributed by atoms with van der Waals surface area (Å²) in [5.74, 6) is 0.453. The molecule has 0 radical (unpaired) electrons. The lowest BCUT2D eigenvalue weighted by atomic mass is 10.0. The van der Waals surface area contributed by atoms with Crippen LogP contribution < -0.4 is 0 Å². The fourth-order valence-corrected chi connectivity index (χ4v) is 2.26. The molecule has 2 atom stereocenters. The van der Waals surface area contributed by atoms with E-state index in [0.29, 0.717) is 17.8 Å². The molecule has 0 spiro atoms. The van der Waals surface area contributed by atoms with Crippen LogP contribution in [0.2, 0.25) is 0 Å². The lowest BCUT2D eigenvalue weighted by molar-refractivity contribution is 0.136. The topological polar surface area (TPSA) is 46.0 Å². The predicted molar refractivity (Wildman–Crippen MR) is 51.5 cm³/mol. The van der Waals surface area contributed by atoms with Crippen LogP contribution in [0, 0.1) is 11.3 Å². The SMILES string of the molecule is CC1(C)CC1C(O)Cc1csnn1. The maximum atomic E-state index is 9.83. The van der Waals surface area contributed by atoms with Gasteiger partial charge in [0.15, 0.2) is 0 Å². The molecule has 1 saturated carbocycles. The molecule has 13 heavy (non-hydrogen) atoms. The summed E-state index contributed by atoms with van der Waals surface area (Å²) < 4.78 is 3.77. The Bertz CT molecular complexity index is 284. The van der Waals surface area contributed by atoms with Crippen molar-refractivity contribution in [1.29, 1.82) is 0 Å². The highest BCUT2D eigenvalue weighted by Crippen LogP contribution is 2.53. The standard InChI is InChI=1S/C9H14N2OS/c1-9(2)4-7(9)8(12)3-6-5-13-11-10-6/h5,7-8,12H,3-4H2,1-2H3. The second kappa shape index (κ2) is 3.03. The van der Waals surface area contributed by atoms with Gasteiger partial charge in [-0.2, -0.15) is 0 Å². The lowest BCUT2D eigenvalue weighted by Gasteiger charge is -2.09. The molecule has 0 aliphatic heterocycles. The van der Waals surface area contributed by atoms with Gasteiger partial charge in [0.1, 0.15) is 0 Å². The number of aromatic nitrogens is 2. The van der Waals surface area contributed by atoms with Gasteiger partial charge in [-0.25, -0.2) is 0 Å². The summed E-state index contributed by atoms with van der Waals surface area (Å²) in [6.45, 7) is 4.39. The molecule has 4 heteroatoms. The van der Waals surface area contributed by atoms with Gasteiger partial charge in [-0.15, -0.1) is 5.10 Å². The van der Waals surface area contributed by atoms with E-state index in [-0.39, 0.29) is 6.10 Å². The molecule has 0 bridgehead atoms. The molecule has 1 aromatic heterocycles. The summed E-state index contributed by atoms with van der Waals surface area (Å²) in [6.07, 6.45) is 1.55. The van der Waals surface area contributed by atoms with E-state index in [1.54, 1.807) is 0 Å². The van der Waals surface area contributed by atoms with Crippen molar-refractivity contribution in [2.24, 2.45) is 11.3 Å². The monoisotopic (exact) mass is 198 g/mol. The Balaban J connectivity index is 1.90. The van der Waals surface area contributed by atoms with Crippen LogP contribution in [0.5, 0.6) is 0 Å². The predicted octanol–water partition coefficient (Wildman–Crippen LogP) is 1.49. The van der Waals surface area contributed by atoms with Gasteiger partial charge in [0.05, 0.1) is 11.8 Å². The van der Waals surface area contributed by atoms with Gasteiger partial charge in [-0.05, 0) is 29.3 Å². The molecule has 3 nitrogen and oxygen atoms in total. The number of hydrogen-bond acceptors (Lipinski definition) is 4. The zero-order valence-corrected chi connectivity index (χ0v) is 8.71. The van der Waals surface area contributed by atoms with Gasteiger partial charge in [0.2, 0.25) is 0 Å². The van der Waals surface area contributed by atoms with Crippen LogP contribution >= 0.6 is 11.5 Å².